The molecule has 2 rings (SSSR count). The summed E-state index contributed by atoms with van der Waals surface area (Å²) in [6, 6.07) is 9.78. The fraction of sp³-hybridized carbons (Fsp3) is 0.769. The van der Waals surface area contributed by atoms with Crippen molar-refractivity contribution in [1.82, 2.24) is 10.2 Å². The lowest BCUT2D eigenvalue weighted by Crippen LogP contribution is -2.48. The summed E-state index contributed by atoms with van der Waals surface area (Å²) in [5.41, 5.74) is 2.79. The second kappa shape index (κ2) is 12.7. The number of hydrogen-bond donors (Lipinski definition) is 1. The summed E-state index contributed by atoms with van der Waals surface area (Å²) in [7, 11) is 0. The van der Waals surface area contributed by atoms with Gasteiger partial charge in [0.25, 0.3) is 0 Å². The summed E-state index contributed by atoms with van der Waals surface area (Å²) in [4.78, 5) is 5.07. The Hall–Kier alpha value is -1.10. The van der Waals surface area contributed by atoms with E-state index in [0.717, 1.165) is 58.3 Å². The summed E-state index contributed by atoms with van der Waals surface area (Å²) in [5, 5.41) is 3.71. The Morgan fingerprint density at radius 3 is 2.30 bits per heavy atom. The highest BCUT2D eigenvalue weighted by Crippen LogP contribution is 2.19. The minimum atomic E-state index is 0. The lowest BCUT2D eigenvalue weighted by Gasteiger charge is -2.38. The summed E-state index contributed by atoms with van der Waals surface area (Å²) < 4.78 is 5.87. The predicted molar refractivity (Wildman–Crippen MR) is 133 cm³/mol. The van der Waals surface area contributed by atoms with Crippen LogP contribution in [0.15, 0.2) is 24.3 Å². The maximum atomic E-state index is 5.87. The fourth-order valence-corrected chi connectivity index (χ4v) is 3.92. The van der Waals surface area contributed by atoms with Crippen LogP contribution in [0, 0.1) is 5.92 Å². The maximum absolute atomic E-state index is 5.87. The Morgan fingerprint density at radius 1 is 1.03 bits per heavy atom. The van der Waals surface area contributed by atoms with Crippen molar-refractivity contribution in [2.75, 3.05) is 44.3 Å². The van der Waals surface area contributed by atoms with Gasteiger partial charge in [0.05, 0.1) is 0 Å². The average Bonchev–Trinajstić information content (AvgIpc) is 2.75. The normalized spacial score (nSPS) is 17.0. The second-order valence-electron chi connectivity index (χ2n) is 10.0. The molecule has 1 aliphatic heterocycles. The Kier molecular flexibility index (Phi) is 10.6. The van der Waals surface area contributed by atoms with Crippen LogP contribution in [-0.4, -0.2) is 55.9 Å². The highest BCUT2D eigenvalue weighted by atomic mass is 16.5. The number of rotatable bonds is 13. The molecule has 0 radical (unpaired) electrons. The zero-order valence-corrected chi connectivity index (χ0v) is 20.5. The number of nitrogens with zero attached hydrogens (tertiary/aromatic N) is 2. The molecule has 0 aromatic heterocycles. The second-order valence-corrected chi connectivity index (χ2v) is 10.0. The van der Waals surface area contributed by atoms with Gasteiger partial charge in [-0.1, -0.05) is 32.4 Å². The molecule has 1 saturated heterocycles. The van der Waals surface area contributed by atoms with Crippen LogP contribution in [0.4, 0.5) is 5.69 Å². The van der Waals surface area contributed by atoms with Crippen molar-refractivity contribution in [1.29, 1.82) is 0 Å². The zero-order valence-electron chi connectivity index (χ0n) is 20.5. The van der Waals surface area contributed by atoms with Gasteiger partial charge in [-0.25, -0.2) is 0 Å². The number of anilines is 1. The van der Waals surface area contributed by atoms with E-state index in [1.807, 2.05) is 0 Å². The van der Waals surface area contributed by atoms with Gasteiger partial charge in [0.15, 0.2) is 0 Å². The first-order valence-corrected chi connectivity index (χ1v) is 12.2. The standard InChI is InChI=1S/C26H47N3O.H2/c1-7-23(4)9-8-19-30-20-14-26(5,6)27-21-24-10-12-25(13-11-24)29-17-15-28(16-18-29)22(2)3;/h10-13,22-23,27H,7-9,14-21H2,1-6H3;1H. The molecule has 1 heterocycles. The Balaban J connectivity index is 0.00000480. The van der Waals surface area contributed by atoms with Crippen molar-refractivity contribution in [2.45, 2.75) is 85.4 Å². The third-order valence-corrected chi connectivity index (χ3v) is 6.67. The SMILES string of the molecule is CCC(C)CCCOCCC(C)(C)NCc1ccc(N2CCN(C(C)C)CC2)cc1.[HH]. The summed E-state index contributed by atoms with van der Waals surface area (Å²) in [6.45, 7) is 20.9. The average molecular weight is 420 g/mol. The molecule has 4 nitrogen and oxygen atoms in total. The van der Waals surface area contributed by atoms with Crippen molar-refractivity contribution < 1.29 is 6.16 Å². The van der Waals surface area contributed by atoms with Crippen molar-refractivity contribution in [3.8, 4) is 0 Å². The molecule has 174 valence electrons. The van der Waals surface area contributed by atoms with E-state index in [1.54, 1.807) is 0 Å². The minimum absolute atomic E-state index is 0. The first-order chi connectivity index (χ1) is 14.3. The molecular weight excluding hydrogens is 370 g/mol. The molecular formula is C26H49N3O. The molecule has 0 spiro atoms. The fourth-order valence-electron chi connectivity index (χ4n) is 3.92. The van der Waals surface area contributed by atoms with E-state index >= 15 is 0 Å². The number of nitrogens with one attached hydrogen (secondary N) is 1. The van der Waals surface area contributed by atoms with Crippen molar-refractivity contribution in [3.63, 3.8) is 0 Å². The Bertz CT molecular complexity index is 583. The van der Waals surface area contributed by atoms with Crippen LogP contribution >= 0.6 is 0 Å². The highest BCUT2D eigenvalue weighted by Gasteiger charge is 2.19. The lowest BCUT2D eigenvalue weighted by atomic mass is 10.0. The van der Waals surface area contributed by atoms with E-state index in [1.165, 1.54) is 30.5 Å². The first-order valence-electron chi connectivity index (χ1n) is 12.2. The van der Waals surface area contributed by atoms with Crippen LogP contribution in [0.2, 0.25) is 0 Å². The molecule has 1 aromatic carbocycles. The van der Waals surface area contributed by atoms with E-state index < -0.39 is 0 Å². The zero-order chi connectivity index (χ0) is 22.0. The molecule has 0 bridgehead atoms. The van der Waals surface area contributed by atoms with E-state index in [4.69, 9.17) is 4.74 Å². The predicted octanol–water partition coefficient (Wildman–Crippen LogP) is 5.56. The maximum Gasteiger partial charge on any atom is 0.0483 e. The van der Waals surface area contributed by atoms with Gasteiger partial charge in [0.1, 0.15) is 0 Å². The van der Waals surface area contributed by atoms with Crippen molar-refractivity contribution in [3.05, 3.63) is 29.8 Å². The topological polar surface area (TPSA) is 27.7 Å². The number of benzene rings is 1. The third-order valence-electron chi connectivity index (χ3n) is 6.67. The highest BCUT2D eigenvalue weighted by molar-refractivity contribution is 5.48. The van der Waals surface area contributed by atoms with Gasteiger partial charge in [-0.05, 0) is 70.6 Å². The summed E-state index contributed by atoms with van der Waals surface area (Å²) in [6.07, 6.45) is 4.77. The molecule has 1 aliphatic rings. The number of hydrogen-bond acceptors (Lipinski definition) is 4. The van der Waals surface area contributed by atoms with E-state index in [-0.39, 0.29) is 6.97 Å². The largest absolute Gasteiger partial charge is 0.381 e. The smallest absolute Gasteiger partial charge is 0.0483 e. The van der Waals surface area contributed by atoms with Gasteiger partial charge in [0, 0.05) is 64.6 Å². The van der Waals surface area contributed by atoms with Crippen LogP contribution in [0.3, 0.4) is 0 Å². The molecule has 0 amide bonds. The van der Waals surface area contributed by atoms with Crippen LogP contribution < -0.4 is 10.2 Å². The third kappa shape index (κ3) is 8.95. The molecule has 0 aliphatic carbocycles. The van der Waals surface area contributed by atoms with E-state index in [9.17, 15) is 0 Å². The summed E-state index contributed by atoms with van der Waals surface area (Å²) in [5.74, 6) is 0.822. The molecule has 1 N–H and O–H groups in total. The van der Waals surface area contributed by atoms with Crippen LogP contribution in [0.25, 0.3) is 0 Å². The molecule has 1 atom stereocenters. The van der Waals surface area contributed by atoms with E-state index in [2.05, 4.69) is 80.9 Å². The van der Waals surface area contributed by atoms with Crippen LogP contribution in [0.5, 0.6) is 0 Å². The molecule has 1 unspecified atom stereocenters. The minimum Gasteiger partial charge on any atom is -0.381 e. The van der Waals surface area contributed by atoms with Gasteiger partial charge in [-0.2, -0.15) is 0 Å². The van der Waals surface area contributed by atoms with Gasteiger partial charge >= 0.3 is 0 Å². The van der Waals surface area contributed by atoms with Crippen molar-refractivity contribution in [2.24, 2.45) is 5.92 Å². The molecule has 0 saturated carbocycles. The molecule has 1 fully saturated rings. The summed E-state index contributed by atoms with van der Waals surface area (Å²) >= 11 is 0. The Labute approximate surface area is 187 Å². The van der Waals surface area contributed by atoms with Gasteiger partial charge < -0.3 is 15.0 Å². The van der Waals surface area contributed by atoms with Crippen LogP contribution in [0.1, 0.15) is 74.2 Å². The molecule has 4 heteroatoms. The Morgan fingerprint density at radius 2 is 1.70 bits per heavy atom. The van der Waals surface area contributed by atoms with Crippen molar-refractivity contribution >= 4 is 5.69 Å². The first kappa shape index (κ1) is 25.2. The van der Waals surface area contributed by atoms with Gasteiger partial charge in [-0.15, -0.1) is 0 Å². The monoisotopic (exact) mass is 419 g/mol. The van der Waals surface area contributed by atoms with Crippen LogP contribution in [-0.2, 0) is 11.3 Å². The molecule has 1 aromatic rings. The number of piperazine rings is 1. The van der Waals surface area contributed by atoms with E-state index in [0.29, 0.717) is 6.04 Å². The number of ether oxygens (including phenoxy) is 1. The lowest BCUT2D eigenvalue weighted by molar-refractivity contribution is 0.107. The quantitative estimate of drug-likeness (QED) is 0.423. The van der Waals surface area contributed by atoms with Gasteiger partial charge in [-0.3, -0.25) is 4.90 Å². The molecule has 30 heavy (non-hydrogen) atoms. The van der Waals surface area contributed by atoms with Gasteiger partial charge in [0.2, 0.25) is 0 Å².